The van der Waals surface area contributed by atoms with E-state index < -0.39 is 24.7 Å². The number of urea groups is 1. The molecule has 1 aromatic carbocycles. The third-order valence-corrected chi connectivity index (χ3v) is 3.80. The van der Waals surface area contributed by atoms with Crippen molar-refractivity contribution in [2.24, 2.45) is 0 Å². The van der Waals surface area contributed by atoms with Gasteiger partial charge in [-0.1, -0.05) is 11.2 Å². The topological polar surface area (TPSA) is 96.3 Å². The van der Waals surface area contributed by atoms with Gasteiger partial charge in [0.05, 0.1) is 5.69 Å². The highest BCUT2D eigenvalue weighted by molar-refractivity contribution is 5.97. The maximum Gasteiger partial charge on any atom is 0.405 e. The van der Waals surface area contributed by atoms with E-state index in [1.807, 2.05) is 0 Å². The van der Waals surface area contributed by atoms with Crippen molar-refractivity contribution in [3.05, 3.63) is 46.3 Å². The lowest BCUT2D eigenvalue weighted by atomic mass is 10.1. The number of benzene rings is 1. The molecule has 0 radical (unpaired) electrons. The molecular weight excluding hydrogens is 365 g/mol. The molecule has 146 valence electrons. The molecule has 3 N–H and O–H groups in total. The molecule has 0 saturated carbocycles. The Hall–Kier alpha value is -3.04. The SMILES string of the molecule is Cc1ccc(C(=O)NCC(F)(F)F)cc1NC(=O)NCc1c(C)noc1C. The predicted molar refractivity (Wildman–Crippen MR) is 91.4 cm³/mol. The first-order chi connectivity index (χ1) is 12.6. The van der Waals surface area contributed by atoms with Crippen LogP contribution < -0.4 is 16.0 Å². The number of carbonyl (C=O) groups is 2. The van der Waals surface area contributed by atoms with E-state index >= 15 is 0 Å². The number of nitrogens with one attached hydrogen (secondary N) is 3. The standard InChI is InChI=1S/C17H19F3N4O3/c1-9-4-5-12(15(25)22-8-17(18,19)20)6-14(9)23-16(26)21-7-13-10(2)24-27-11(13)3/h4-6H,7-8H2,1-3H3,(H,22,25)(H2,21,23,26). The Balaban J connectivity index is 2.01. The maximum absolute atomic E-state index is 12.2. The first-order valence-corrected chi connectivity index (χ1v) is 7.99. The zero-order valence-electron chi connectivity index (χ0n) is 15.0. The molecule has 0 fully saturated rings. The van der Waals surface area contributed by atoms with Gasteiger partial charge in [0, 0.05) is 23.4 Å². The fourth-order valence-electron chi connectivity index (χ4n) is 2.27. The highest BCUT2D eigenvalue weighted by Crippen LogP contribution is 2.18. The summed E-state index contributed by atoms with van der Waals surface area (Å²) in [5, 5.41) is 10.8. The molecule has 0 aliphatic carbocycles. The molecule has 0 bridgehead atoms. The summed E-state index contributed by atoms with van der Waals surface area (Å²) in [6.45, 7) is 3.93. The minimum atomic E-state index is -4.50. The lowest BCUT2D eigenvalue weighted by Crippen LogP contribution is -2.34. The van der Waals surface area contributed by atoms with Gasteiger partial charge in [0.1, 0.15) is 12.3 Å². The Morgan fingerprint density at radius 1 is 1.15 bits per heavy atom. The number of aryl methyl sites for hydroxylation is 3. The number of hydrogen-bond acceptors (Lipinski definition) is 4. The van der Waals surface area contributed by atoms with Crippen molar-refractivity contribution in [1.82, 2.24) is 15.8 Å². The number of halogens is 3. The number of rotatable bonds is 5. The average molecular weight is 384 g/mol. The van der Waals surface area contributed by atoms with E-state index in [1.165, 1.54) is 18.2 Å². The van der Waals surface area contributed by atoms with Crippen LogP contribution in [0.5, 0.6) is 0 Å². The number of nitrogens with zero attached hydrogens (tertiary/aromatic N) is 1. The molecule has 7 nitrogen and oxygen atoms in total. The fraction of sp³-hybridized carbons (Fsp3) is 0.353. The van der Waals surface area contributed by atoms with Crippen molar-refractivity contribution in [1.29, 1.82) is 0 Å². The van der Waals surface area contributed by atoms with Crippen LogP contribution in [0.4, 0.5) is 23.7 Å². The fourth-order valence-corrected chi connectivity index (χ4v) is 2.27. The van der Waals surface area contributed by atoms with Gasteiger partial charge >= 0.3 is 12.2 Å². The molecule has 2 rings (SSSR count). The maximum atomic E-state index is 12.2. The Labute approximate surface area is 153 Å². The second-order valence-electron chi connectivity index (χ2n) is 5.94. The number of amides is 3. The van der Waals surface area contributed by atoms with E-state index in [0.717, 1.165) is 5.56 Å². The van der Waals surface area contributed by atoms with Crippen molar-refractivity contribution in [3.8, 4) is 0 Å². The predicted octanol–water partition coefficient (Wildman–Crippen LogP) is 3.21. The number of alkyl halides is 3. The van der Waals surface area contributed by atoms with Crippen LogP contribution in [0, 0.1) is 20.8 Å². The van der Waals surface area contributed by atoms with Crippen LogP contribution in [0.1, 0.15) is 32.9 Å². The first kappa shape index (κ1) is 20.3. The van der Waals surface area contributed by atoms with Crippen molar-refractivity contribution < 1.29 is 27.3 Å². The summed E-state index contributed by atoms with van der Waals surface area (Å²) in [6, 6.07) is 3.70. The second kappa shape index (κ2) is 8.11. The van der Waals surface area contributed by atoms with Gasteiger partial charge in [-0.3, -0.25) is 4.79 Å². The first-order valence-electron chi connectivity index (χ1n) is 7.99. The minimum absolute atomic E-state index is 0.00544. The Bertz CT molecular complexity index is 827. The van der Waals surface area contributed by atoms with E-state index in [9.17, 15) is 22.8 Å². The lowest BCUT2D eigenvalue weighted by Gasteiger charge is -2.12. The van der Waals surface area contributed by atoms with Gasteiger partial charge in [-0.25, -0.2) is 4.79 Å². The zero-order chi connectivity index (χ0) is 20.2. The smallest absolute Gasteiger partial charge is 0.361 e. The van der Waals surface area contributed by atoms with Gasteiger partial charge in [0.2, 0.25) is 0 Å². The number of aromatic nitrogens is 1. The Morgan fingerprint density at radius 2 is 1.85 bits per heavy atom. The summed E-state index contributed by atoms with van der Waals surface area (Å²) in [7, 11) is 0. The zero-order valence-corrected chi connectivity index (χ0v) is 15.0. The molecular formula is C17H19F3N4O3. The van der Waals surface area contributed by atoms with Gasteiger partial charge in [0.25, 0.3) is 5.91 Å². The summed E-state index contributed by atoms with van der Waals surface area (Å²) in [5.41, 5.74) is 2.38. The van der Waals surface area contributed by atoms with E-state index in [0.29, 0.717) is 22.7 Å². The van der Waals surface area contributed by atoms with Crippen molar-refractivity contribution in [2.45, 2.75) is 33.5 Å². The molecule has 0 atom stereocenters. The molecule has 2 aromatic rings. The lowest BCUT2D eigenvalue weighted by molar-refractivity contribution is -0.123. The minimum Gasteiger partial charge on any atom is -0.361 e. The number of hydrogen-bond donors (Lipinski definition) is 3. The Morgan fingerprint density at radius 3 is 2.44 bits per heavy atom. The van der Waals surface area contributed by atoms with Gasteiger partial charge in [-0.2, -0.15) is 13.2 Å². The molecule has 3 amide bonds. The van der Waals surface area contributed by atoms with Crippen LogP contribution in [-0.4, -0.2) is 29.8 Å². The van der Waals surface area contributed by atoms with Crippen LogP contribution in [0.15, 0.2) is 22.7 Å². The van der Waals surface area contributed by atoms with Crippen LogP contribution >= 0.6 is 0 Å². The van der Waals surface area contributed by atoms with Gasteiger partial charge in [-0.05, 0) is 38.5 Å². The van der Waals surface area contributed by atoms with E-state index in [-0.39, 0.29) is 12.1 Å². The quantitative estimate of drug-likeness (QED) is 0.738. The third kappa shape index (κ3) is 5.73. The monoisotopic (exact) mass is 384 g/mol. The summed E-state index contributed by atoms with van der Waals surface area (Å²) >= 11 is 0. The van der Waals surface area contributed by atoms with Crippen LogP contribution in [0.3, 0.4) is 0 Å². The normalized spacial score (nSPS) is 11.2. The number of anilines is 1. The average Bonchev–Trinajstić information content (AvgIpc) is 2.90. The van der Waals surface area contributed by atoms with Crippen LogP contribution in [0.25, 0.3) is 0 Å². The molecule has 0 saturated heterocycles. The molecule has 0 spiro atoms. The third-order valence-electron chi connectivity index (χ3n) is 3.80. The molecule has 1 aromatic heterocycles. The van der Waals surface area contributed by atoms with Gasteiger partial charge < -0.3 is 20.5 Å². The highest BCUT2D eigenvalue weighted by atomic mass is 19.4. The summed E-state index contributed by atoms with van der Waals surface area (Å²) in [6.07, 6.45) is -4.50. The van der Waals surface area contributed by atoms with Crippen LogP contribution in [-0.2, 0) is 6.54 Å². The van der Waals surface area contributed by atoms with Crippen molar-refractivity contribution in [2.75, 3.05) is 11.9 Å². The molecule has 0 unspecified atom stereocenters. The van der Waals surface area contributed by atoms with Gasteiger partial charge in [-0.15, -0.1) is 0 Å². The molecule has 27 heavy (non-hydrogen) atoms. The summed E-state index contributed by atoms with van der Waals surface area (Å²) < 4.78 is 41.6. The van der Waals surface area contributed by atoms with Crippen LogP contribution in [0.2, 0.25) is 0 Å². The van der Waals surface area contributed by atoms with E-state index in [2.05, 4.69) is 15.8 Å². The van der Waals surface area contributed by atoms with Crippen molar-refractivity contribution >= 4 is 17.6 Å². The molecule has 0 aliphatic rings. The van der Waals surface area contributed by atoms with Gasteiger partial charge in [0.15, 0.2) is 0 Å². The largest absolute Gasteiger partial charge is 0.405 e. The molecule has 10 heteroatoms. The van der Waals surface area contributed by atoms with Crippen molar-refractivity contribution in [3.63, 3.8) is 0 Å². The van der Waals surface area contributed by atoms with E-state index in [4.69, 9.17) is 4.52 Å². The molecule has 0 aliphatic heterocycles. The number of carbonyl (C=O) groups excluding carboxylic acids is 2. The highest BCUT2D eigenvalue weighted by Gasteiger charge is 2.28. The van der Waals surface area contributed by atoms with E-state index in [1.54, 1.807) is 26.1 Å². The summed E-state index contributed by atoms with van der Waals surface area (Å²) in [4.78, 5) is 23.9. The molecule has 1 heterocycles. The summed E-state index contributed by atoms with van der Waals surface area (Å²) in [5.74, 6) is -0.293. The second-order valence-corrected chi connectivity index (χ2v) is 5.94. The Kier molecular flexibility index (Phi) is 6.09.